The lowest BCUT2D eigenvalue weighted by molar-refractivity contribution is -0.137. The van der Waals surface area contributed by atoms with Crippen LogP contribution in [0.1, 0.15) is 50.2 Å². The average Bonchev–Trinajstić information content (AvgIpc) is 2.62. The monoisotopic (exact) mass is 501 g/mol. The summed E-state index contributed by atoms with van der Waals surface area (Å²) in [6, 6.07) is 5.54. The highest BCUT2D eigenvalue weighted by molar-refractivity contribution is 14.0. The van der Waals surface area contributed by atoms with Gasteiger partial charge in [-0.2, -0.15) is 13.2 Å². The number of hydrogen-bond acceptors (Lipinski definition) is 2. The van der Waals surface area contributed by atoms with E-state index >= 15 is 0 Å². The van der Waals surface area contributed by atoms with Crippen molar-refractivity contribution in [3.05, 3.63) is 35.4 Å². The van der Waals surface area contributed by atoms with Crippen molar-refractivity contribution in [1.29, 1.82) is 0 Å². The third kappa shape index (κ3) is 10.8. The Morgan fingerprint density at radius 1 is 1.19 bits per heavy atom. The quantitative estimate of drug-likeness (QED) is 0.210. The highest BCUT2D eigenvalue weighted by atomic mass is 127. The Morgan fingerprint density at radius 2 is 1.89 bits per heavy atom. The molecule has 1 unspecified atom stereocenters. The molecule has 156 valence electrons. The van der Waals surface area contributed by atoms with Gasteiger partial charge in [-0.3, -0.25) is 4.99 Å². The second kappa shape index (κ2) is 14.0. The zero-order valence-electron chi connectivity index (χ0n) is 16.2. The fourth-order valence-electron chi connectivity index (χ4n) is 2.50. The zero-order chi connectivity index (χ0) is 19.4. The van der Waals surface area contributed by atoms with E-state index in [-0.39, 0.29) is 29.9 Å². The third-order valence-electron chi connectivity index (χ3n) is 4.09. The van der Waals surface area contributed by atoms with Gasteiger partial charge >= 0.3 is 6.18 Å². The first-order chi connectivity index (χ1) is 12.4. The van der Waals surface area contributed by atoms with E-state index in [4.69, 9.17) is 4.74 Å². The molecule has 0 aliphatic carbocycles. The number of rotatable bonds is 10. The highest BCUT2D eigenvalue weighted by Crippen LogP contribution is 2.31. The van der Waals surface area contributed by atoms with Crippen molar-refractivity contribution in [2.75, 3.05) is 33.4 Å². The van der Waals surface area contributed by atoms with E-state index in [1.807, 2.05) is 13.8 Å². The van der Waals surface area contributed by atoms with Crippen molar-refractivity contribution in [3.8, 4) is 0 Å². The van der Waals surface area contributed by atoms with Crippen LogP contribution in [0, 0.1) is 0 Å². The summed E-state index contributed by atoms with van der Waals surface area (Å²) in [6.07, 6.45) is -1.61. The lowest BCUT2D eigenvalue weighted by Crippen LogP contribution is -2.38. The fraction of sp³-hybridized carbons (Fsp3) is 0.632. The maximum Gasteiger partial charge on any atom is 0.416 e. The van der Waals surface area contributed by atoms with Crippen LogP contribution in [0.2, 0.25) is 0 Å². The molecule has 8 heteroatoms. The van der Waals surface area contributed by atoms with Crippen molar-refractivity contribution in [1.82, 2.24) is 10.6 Å². The molecule has 0 radical (unpaired) electrons. The van der Waals surface area contributed by atoms with E-state index in [9.17, 15) is 13.2 Å². The van der Waals surface area contributed by atoms with Gasteiger partial charge < -0.3 is 15.4 Å². The predicted octanol–water partition coefficient (Wildman–Crippen LogP) is 4.80. The summed E-state index contributed by atoms with van der Waals surface area (Å²) in [6.45, 7) is 6.84. The van der Waals surface area contributed by atoms with E-state index < -0.39 is 11.7 Å². The second-order valence-electron chi connectivity index (χ2n) is 6.14. The number of unbranched alkanes of at least 4 members (excludes halogenated alkanes) is 1. The van der Waals surface area contributed by atoms with Gasteiger partial charge in [-0.1, -0.05) is 25.1 Å². The first kappa shape index (κ1) is 26.0. The molecule has 0 aliphatic rings. The molecule has 27 heavy (non-hydrogen) atoms. The van der Waals surface area contributed by atoms with E-state index in [0.29, 0.717) is 24.5 Å². The van der Waals surface area contributed by atoms with Gasteiger partial charge in [0, 0.05) is 33.4 Å². The minimum Gasteiger partial charge on any atom is -0.382 e. The Hall–Kier alpha value is -1.03. The van der Waals surface area contributed by atoms with Gasteiger partial charge in [0.25, 0.3) is 0 Å². The van der Waals surface area contributed by atoms with Crippen molar-refractivity contribution in [3.63, 3.8) is 0 Å². The minimum absolute atomic E-state index is 0. The summed E-state index contributed by atoms with van der Waals surface area (Å²) in [5, 5.41) is 6.43. The molecule has 0 saturated heterocycles. The standard InChI is InChI=1S/C19H30F3N3O.HI/c1-4-26-13-6-5-11-24-18(23-3)25-12-10-15(2)16-8-7-9-17(14-16)19(20,21)22;/h7-9,14-15H,4-6,10-13H2,1-3H3,(H2,23,24,25);1H. The van der Waals surface area contributed by atoms with Crippen LogP contribution in [0.3, 0.4) is 0 Å². The summed E-state index contributed by atoms with van der Waals surface area (Å²) >= 11 is 0. The number of nitrogens with one attached hydrogen (secondary N) is 2. The molecule has 0 amide bonds. The molecule has 0 aliphatic heterocycles. The molecule has 0 saturated carbocycles. The molecule has 4 nitrogen and oxygen atoms in total. The Kier molecular flexibility index (Phi) is 13.5. The number of halogens is 4. The molecule has 1 aromatic carbocycles. The molecule has 1 aromatic rings. The first-order valence-electron chi connectivity index (χ1n) is 9.07. The summed E-state index contributed by atoms with van der Waals surface area (Å²) in [5.41, 5.74) is 0.0971. The molecule has 0 fully saturated rings. The number of aliphatic imine (C=N–C) groups is 1. The normalized spacial score (nSPS) is 13.0. The largest absolute Gasteiger partial charge is 0.416 e. The summed E-state index contributed by atoms with van der Waals surface area (Å²) < 4.78 is 43.7. The van der Waals surface area contributed by atoms with Gasteiger partial charge in [-0.15, -0.1) is 24.0 Å². The second-order valence-corrected chi connectivity index (χ2v) is 6.14. The topological polar surface area (TPSA) is 45.6 Å². The molecule has 2 N–H and O–H groups in total. The van der Waals surface area contributed by atoms with E-state index in [1.165, 1.54) is 12.1 Å². The van der Waals surface area contributed by atoms with Crippen LogP contribution in [-0.4, -0.2) is 39.3 Å². The Balaban J connectivity index is 0.00000676. The van der Waals surface area contributed by atoms with E-state index in [0.717, 1.165) is 38.7 Å². The molecule has 0 aromatic heterocycles. The predicted molar refractivity (Wildman–Crippen MR) is 115 cm³/mol. The van der Waals surface area contributed by atoms with Crippen LogP contribution in [0.5, 0.6) is 0 Å². The van der Waals surface area contributed by atoms with Gasteiger partial charge in [0.1, 0.15) is 0 Å². The Labute approximate surface area is 177 Å². The van der Waals surface area contributed by atoms with Gasteiger partial charge in [0.15, 0.2) is 5.96 Å². The number of hydrogen-bond donors (Lipinski definition) is 2. The molecule has 0 bridgehead atoms. The Bertz CT molecular complexity index is 553. The van der Waals surface area contributed by atoms with Crippen molar-refractivity contribution < 1.29 is 17.9 Å². The van der Waals surface area contributed by atoms with Gasteiger partial charge in [-0.05, 0) is 43.7 Å². The summed E-state index contributed by atoms with van der Waals surface area (Å²) in [4.78, 5) is 4.15. The van der Waals surface area contributed by atoms with Crippen LogP contribution < -0.4 is 10.6 Å². The number of alkyl halides is 3. The number of benzene rings is 1. The number of ether oxygens (including phenoxy) is 1. The fourth-order valence-corrected chi connectivity index (χ4v) is 2.50. The van der Waals surface area contributed by atoms with Crippen LogP contribution in [0.4, 0.5) is 13.2 Å². The molecule has 1 rings (SSSR count). The lowest BCUT2D eigenvalue weighted by atomic mass is 9.96. The van der Waals surface area contributed by atoms with Gasteiger partial charge in [-0.25, -0.2) is 0 Å². The van der Waals surface area contributed by atoms with Crippen molar-refractivity contribution in [2.24, 2.45) is 4.99 Å². The van der Waals surface area contributed by atoms with E-state index in [1.54, 1.807) is 13.1 Å². The average molecular weight is 501 g/mol. The smallest absolute Gasteiger partial charge is 0.382 e. The highest BCUT2D eigenvalue weighted by Gasteiger charge is 2.30. The number of guanidine groups is 1. The van der Waals surface area contributed by atoms with Crippen LogP contribution in [0.15, 0.2) is 29.3 Å². The third-order valence-corrected chi connectivity index (χ3v) is 4.09. The van der Waals surface area contributed by atoms with E-state index in [2.05, 4.69) is 15.6 Å². The molecule has 0 heterocycles. The molecular weight excluding hydrogens is 470 g/mol. The maximum atomic E-state index is 12.8. The van der Waals surface area contributed by atoms with Crippen molar-refractivity contribution in [2.45, 2.75) is 45.2 Å². The summed E-state index contributed by atoms with van der Waals surface area (Å²) in [7, 11) is 1.70. The minimum atomic E-state index is -4.30. The number of nitrogens with zero attached hydrogens (tertiary/aromatic N) is 1. The molecular formula is C19H31F3IN3O. The molecule has 1 atom stereocenters. The van der Waals surface area contributed by atoms with Crippen LogP contribution in [-0.2, 0) is 10.9 Å². The van der Waals surface area contributed by atoms with Crippen molar-refractivity contribution >= 4 is 29.9 Å². The van der Waals surface area contributed by atoms with Crippen LogP contribution in [0.25, 0.3) is 0 Å². The van der Waals surface area contributed by atoms with Crippen LogP contribution >= 0.6 is 24.0 Å². The van der Waals surface area contributed by atoms with Gasteiger partial charge in [0.2, 0.25) is 0 Å². The summed E-state index contributed by atoms with van der Waals surface area (Å²) in [5.74, 6) is 0.728. The SMILES string of the molecule is CCOCCCCNC(=NC)NCCC(C)c1cccc(C(F)(F)F)c1.I. The Morgan fingerprint density at radius 3 is 2.52 bits per heavy atom. The van der Waals surface area contributed by atoms with Gasteiger partial charge in [0.05, 0.1) is 5.56 Å². The zero-order valence-corrected chi connectivity index (χ0v) is 18.6. The maximum absolute atomic E-state index is 12.8. The first-order valence-corrected chi connectivity index (χ1v) is 9.07. The lowest BCUT2D eigenvalue weighted by Gasteiger charge is -2.16. The molecule has 0 spiro atoms.